The summed E-state index contributed by atoms with van der Waals surface area (Å²) in [5.74, 6) is 0. The van der Waals surface area contributed by atoms with Crippen molar-refractivity contribution in [3.05, 3.63) is 17.5 Å². The zero-order valence-corrected chi connectivity index (χ0v) is 12.9. The summed E-state index contributed by atoms with van der Waals surface area (Å²) in [5, 5.41) is 1.81. The summed E-state index contributed by atoms with van der Waals surface area (Å²) in [6.07, 6.45) is 4.44. The number of thiophene rings is 1. The van der Waals surface area contributed by atoms with E-state index < -0.39 is 10.0 Å². The van der Waals surface area contributed by atoms with Gasteiger partial charge in [0.15, 0.2) is 0 Å². The average Bonchev–Trinajstić information content (AvgIpc) is 2.92. The normalized spacial score (nSPS) is 24.8. The summed E-state index contributed by atoms with van der Waals surface area (Å²) >= 11 is 1.29. The van der Waals surface area contributed by atoms with Crippen LogP contribution in [0.4, 0.5) is 0 Å². The van der Waals surface area contributed by atoms with Crippen LogP contribution in [0.5, 0.6) is 0 Å². The maximum Gasteiger partial charge on any atom is 0.252 e. The molecule has 0 saturated heterocycles. The van der Waals surface area contributed by atoms with Crippen LogP contribution in [0.3, 0.4) is 0 Å². The zero-order chi connectivity index (χ0) is 13.9. The van der Waals surface area contributed by atoms with E-state index in [4.69, 9.17) is 5.73 Å². The van der Waals surface area contributed by atoms with Gasteiger partial charge in [-0.3, -0.25) is 0 Å². The average molecular weight is 302 g/mol. The van der Waals surface area contributed by atoms with Crippen LogP contribution >= 0.6 is 11.3 Å². The molecule has 4 nitrogen and oxygen atoms in total. The molecule has 0 aliphatic heterocycles. The first kappa shape index (κ1) is 15.0. The van der Waals surface area contributed by atoms with Gasteiger partial charge >= 0.3 is 0 Å². The van der Waals surface area contributed by atoms with Gasteiger partial charge in [-0.1, -0.05) is 13.0 Å². The first-order valence-corrected chi connectivity index (χ1v) is 9.18. The Labute approximate surface area is 119 Å². The molecule has 1 aromatic rings. The second-order valence-electron chi connectivity index (χ2n) is 5.12. The number of nitrogens with two attached hydrogens (primary N) is 1. The Morgan fingerprint density at radius 2 is 2.05 bits per heavy atom. The molecular weight excluding hydrogens is 280 g/mol. The van der Waals surface area contributed by atoms with Crippen LogP contribution in [0.25, 0.3) is 0 Å². The van der Waals surface area contributed by atoms with E-state index in [9.17, 15) is 8.42 Å². The van der Waals surface area contributed by atoms with Crippen LogP contribution in [-0.2, 0) is 10.0 Å². The van der Waals surface area contributed by atoms with Gasteiger partial charge < -0.3 is 5.73 Å². The largest absolute Gasteiger partial charge is 0.328 e. The summed E-state index contributed by atoms with van der Waals surface area (Å²) in [4.78, 5) is 0. The molecule has 2 rings (SSSR count). The molecule has 0 atom stereocenters. The monoisotopic (exact) mass is 302 g/mol. The molecule has 0 radical (unpaired) electrons. The maximum absolute atomic E-state index is 12.7. The molecule has 1 saturated carbocycles. The lowest BCUT2D eigenvalue weighted by Crippen LogP contribution is -2.44. The van der Waals surface area contributed by atoms with Crippen molar-refractivity contribution < 1.29 is 8.42 Å². The van der Waals surface area contributed by atoms with Crippen molar-refractivity contribution in [2.45, 2.75) is 55.3 Å². The predicted molar refractivity (Wildman–Crippen MR) is 78.7 cm³/mol. The van der Waals surface area contributed by atoms with E-state index in [0.717, 1.165) is 32.1 Å². The minimum Gasteiger partial charge on any atom is -0.328 e. The van der Waals surface area contributed by atoms with E-state index in [2.05, 4.69) is 0 Å². The van der Waals surface area contributed by atoms with Crippen molar-refractivity contribution in [1.82, 2.24) is 4.31 Å². The van der Waals surface area contributed by atoms with Crippen LogP contribution in [0.15, 0.2) is 21.7 Å². The number of sulfonamides is 1. The van der Waals surface area contributed by atoms with Gasteiger partial charge in [-0.15, -0.1) is 11.3 Å². The van der Waals surface area contributed by atoms with Crippen molar-refractivity contribution in [2.75, 3.05) is 6.54 Å². The fraction of sp³-hybridized carbons (Fsp3) is 0.692. The summed E-state index contributed by atoms with van der Waals surface area (Å²) in [6, 6.07) is 3.84. The molecule has 1 aliphatic rings. The van der Waals surface area contributed by atoms with Gasteiger partial charge in [0.1, 0.15) is 4.21 Å². The topological polar surface area (TPSA) is 63.4 Å². The lowest BCUT2D eigenvalue weighted by Gasteiger charge is -2.34. The van der Waals surface area contributed by atoms with Crippen LogP contribution < -0.4 is 5.73 Å². The lowest BCUT2D eigenvalue weighted by molar-refractivity contribution is 0.240. The molecule has 0 spiro atoms. The second-order valence-corrected chi connectivity index (χ2v) is 8.18. The molecule has 108 valence electrons. The Morgan fingerprint density at radius 3 is 2.58 bits per heavy atom. The number of nitrogens with zero attached hydrogens (tertiary/aromatic N) is 1. The summed E-state index contributed by atoms with van der Waals surface area (Å²) < 4.78 is 27.5. The molecule has 1 aliphatic carbocycles. The van der Waals surface area contributed by atoms with E-state index in [1.807, 2.05) is 12.3 Å². The van der Waals surface area contributed by atoms with Crippen LogP contribution in [-0.4, -0.2) is 31.4 Å². The van der Waals surface area contributed by atoms with Crippen LogP contribution in [0.2, 0.25) is 0 Å². The molecule has 0 amide bonds. The molecular formula is C13H22N2O2S2. The van der Waals surface area contributed by atoms with Crippen molar-refractivity contribution in [3.63, 3.8) is 0 Å². The fourth-order valence-electron chi connectivity index (χ4n) is 2.63. The standard InChI is InChI=1S/C13H22N2O2S2/c1-2-9-15(12-7-5-11(14)6-8-12)19(16,17)13-4-3-10-18-13/h3-4,10-12H,2,5-9,14H2,1H3. The molecule has 2 N–H and O–H groups in total. The summed E-state index contributed by atoms with van der Waals surface area (Å²) in [6.45, 7) is 2.62. The Balaban J connectivity index is 2.20. The minimum absolute atomic E-state index is 0.117. The third kappa shape index (κ3) is 3.37. The highest BCUT2D eigenvalue weighted by Gasteiger charge is 2.33. The quantitative estimate of drug-likeness (QED) is 0.908. The SMILES string of the molecule is CCCN(C1CCC(N)CC1)S(=O)(=O)c1cccs1. The third-order valence-corrected chi connectivity index (χ3v) is 6.98. The van der Waals surface area contributed by atoms with Crippen molar-refractivity contribution in [1.29, 1.82) is 0 Å². The van der Waals surface area contributed by atoms with Gasteiger partial charge in [0, 0.05) is 18.6 Å². The predicted octanol–water partition coefficient (Wildman–Crippen LogP) is 2.42. The second kappa shape index (κ2) is 6.35. The molecule has 0 bridgehead atoms. The van der Waals surface area contributed by atoms with E-state index in [1.165, 1.54) is 11.3 Å². The van der Waals surface area contributed by atoms with E-state index >= 15 is 0 Å². The lowest BCUT2D eigenvalue weighted by atomic mass is 9.92. The van der Waals surface area contributed by atoms with Crippen LogP contribution in [0.1, 0.15) is 39.0 Å². The fourth-order valence-corrected chi connectivity index (χ4v) is 5.53. The Hall–Kier alpha value is -0.430. The van der Waals surface area contributed by atoms with Crippen molar-refractivity contribution in [2.24, 2.45) is 5.73 Å². The van der Waals surface area contributed by atoms with Crippen molar-refractivity contribution in [3.8, 4) is 0 Å². The van der Waals surface area contributed by atoms with Gasteiger partial charge in [-0.05, 0) is 43.6 Å². The van der Waals surface area contributed by atoms with Gasteiger partial charge in [0.25, 0.3) is 10.0 Å². The molecule has 1 aromatic heterocycles. The van der Waals surface area contributed by atoms with E-state index in [1.54, 1.807) is 16.4 Å². The van der Waals surface area contributed by atoms with E-state index in [0.29, 0.717) is 10.8 Å². The highest BCUT2D eigenvalue weighted by Crippen LogP contribution is 2.29. The Morgan fingerprint density at radius 1 is 1.37 bits per heavy atom. The molecule has 6 heteroatoms. The summed E-state index contributed by atoms with van der Waals surface area (Å²) in [5.41, 5.74) is 5.91. The molecule has 1 heterocycles. The van der Waals surface area contributed by atoms with Crippen LogP contribution in [0, 0.1) is 0 Å². The zero-order valence-electron chi connectivity index (χ0n) is 11.3. The van der Waals surface area contributed by atoms with E-state index in [-0.39, 0.29) is 12.1 Å². The Bertz CT molecular complexity index is 477. The van der Waals surface area contributed by atoms with Gasteiger partial charge in [-0.2, -0.15) is 4.31 Å². The molecule has 1 fully saturated rings. The highest BCUT2D eigenvalue weighted by atomic mass is 32.2. The minimum atomic E-state index is -3.33. The van der Waals surface area contributed by atoms with Gasteiger partial charge in [0.2, 0.25) is 0 Å². The van der Waals surface area contributed by atoms with Gasteiger partial charge in [-0.25, -0.2) is 8.42 Å². The Kier molecular flexibility index (Phi) is 5.00. The molecule has 0 unspecified atom stereocenters. The first-order valence-electron chi connectivity index (χ1n) is 6.86. The molecule has 19 heavy (non-hydrogen) atoms. The highest BCUT2D eigenvalue weighted by molar-refractivity contribution is 7.91. The maximum atomic E-state index is 12.7. The van der Waals surface area contributed by atoms with Crippen molar-refractivity contribution >= 4 is 21.4 Å². The number of hydrogen-bond donors (Lipinski definition) is 1. The molecule has 0 aromatic carbocycles. The third-order valence-electron chi connectivity index (χ3n) is 3.65. The summed E-state index contributed by atoms with van der Waals surface area (Å²) in [7, 11) is -3.33. The first-order chi connectivity index (χ1) is 9.05. The number of hydrogen-bond acceptors (Lipinski definition) is 4. The number of rotatable bonds is 5. The smallest absolute Gasteiger partial charge is 0.252 e. The van der Waals surface area contributed by atoms with Gasteiger partial charge in [0.05, 0.1) is 0 Å².